The summed E-state index contributed by atoms with van der Waals surface area (Å²) < 4.78 is 1.03. The minimum Gasteiger partial charge on any atom is -0.323 e. The molecule has 0 radical (unpaired) electrons. The number of benzene rings is 1. The first kappa shape index (κ1) is 15.0. The molecule has 3 heterocycles. The van der Waals surface area contributed by atoms with Crippen LogP contribution in [0.2, 0.25) is 0 Å². The Labute approximate surface area is 145 Å². The van der Waals surface area contributed by atoms with Crippen LogP contribution in [0.15, 0.2) is 30.3 Å². The molecule has 7 heteroatoms. The van der Waals surface area contributed by atoms with Gasteiger partial charge in [0, 0.05) is 19.8 Å². The minimum absolute atomic E-state index is 0.244. The Bertz CT molecular complexity index is 961. The molecule has 1 aliphatic rings. The number of nitrogens with zero attached hydrogens (tertiary/aromatic N) is 1. The van der Waals surface area contributed by atoms with Gasteiger partial charge in [0.1, 0.15) is 4.88 Å². The molecule has 0 bridgehead atoms. The van der Waals surface area contributed by atoms with Crippen molar-refractivity contribution in [2.45, 2.75) is 13.8 Å². The van der Waals surface area contributed by atoms with Crippen molar-refractivity contribution in [3.63, 3.8) is 0 Å². The number of thiophene rings is 2. The molecule has 1 aromatic carbocycles. The van der Waals surface area contributed by atoms with Gasteiger partial charge in [-0.15, -0.1) is 22.7 Å². The Kier molecular flexibility index (Phi) is 3.29. The lowest BCUT2D eigenvalue weighted by Crippen LogP contribution is -2.32. The summed E-state index contributed by atoms with van der Waals surface area (Å²) >= 11 is 2.98. The van der Waals surface area contributed by atoms with Crippen LogP contribution in [0.4, 0.5) is 0 Å². The highest BCUT2D eigenvalue weighted by Crippen LogP contribution is 2.37. The third-order valence-corrected chi connectivity index (χ3v) is 6.27. The van der Waals surface area contributed by atoms with E-state index >= 15 is 0 Å². The lowest BCUT2D eigenvalue weighted by Gasteiger charge is -2.11. The predicted molar refractivity (Wildman–Crippen MR) is 91.5 cm³/mol. The van der Waals surface area contributed by atoms with Crippen molar-refractivity contribution in [1.29, 1.82) is 0 Å². The molecule has 5 nitrogen and oxygen atoms in total. The Morgan fingerprint density at radius 3 is 2.21 bits per heavy atom. The predicted octanol–water partition coefficient (Wildman–Crippen LogP) is 3.95. The summed E-state index contributed by atoms with van der Waals surface area (Å²) in [5.41, 5.74) is 0.488. The Morgan fingerprint density at radius 1 is 1.00 bits per heavy atom. The SMILES string of the molecule is Cc1sc(C)c2sc(C(=O)ON3C(=O)c4ccccc4C3=O)cc12. The van der Waals surface area contributed by atoms with Crippen LogP contribution in [-0.2, 0) is 4.84 Å². The third kappa shape index (κ3) is 2.09. The first-order valence-electron chi connectivity index (χ1n) is 7.17. The topological polar surface area (TPSA) is 63.7 Å². The molecule has 3 aromatic rings. The van der Waals surface area contributed by atoms with Crippen molar-refractivity contribution in [2.24, 2.45) is 0 Å². The average Bonchev–Trinajstić information content (AvgIpc) is 3.19. The quantitative estimate of drug-likeness (QED) is 0.652. The summed E-state index contributed by atoms with van der Waals surface area (Å²) in [6.07, 6.45) is 0. The molecule has 0 unspecified atom stereocenters. The second-order valence-corrected chi connectivity index (χ2v) is 7.88. The first-order chi connectivity index (χ1) is 11.5. The van der Waals surface area contributed by atoms with Gasteiger partial charge in [-0.3, -0.25) is 9.59 Å². The van der Waals surface area contributed by atoms with Crippen LogP contribution >= 0.6 is 22.7 Å². The fraction of sp³-hybridized carbons (Fsp3) is 0.118. The van der Waals surface area contributed by atoms with Gasteiger partial charge >= 0.3 is 5.97 Å². The van der Waals surface area contributed by atoms with E-state index < -0.39 is 17.8 Å². The van der Waals surface area contributed by atoms with Crippen molar-refractivity contribution in [3.05, 3.63) is 56.1 Å². The van der Waals surface area contributed by atoms with Gasteiger partial charge in [0.2, 0.25) is 0 Å². The summed E-state index contributed by atoms with van der Waals surface area (Å²) in [5.74, 6) is -1.93. The number of carbonyl (C=O) groups excluding carboxylic acids is 3. The molecule has 120 valence electrons. The molecular weight excluding hydrogens is 346 g/mol. The van der Waals surface area contributed by atoms with Gasteiger partial charge in [0.15, 0.2) is 0 Å². The molecule has 24 heavy (non-hydrogen) atoms. The van der Waals surface area contributed by atoms with E-state index in [0.717, 1.165) is 19.8 Å². The molecular formula is C17H11NO4S2. The summed E-state index contributed by atoms with van der Waals surface area (Å²) in [4.78, 5) is 44.6. The molecule has 0 saturated carbocycles. The number of hydroxylamine groups is 2. The number of aryl methyl sites for hydroxylation is 2. The van der Waals surface area contributed by atoms with E-state index in [9.17, 15) is 14.4 Å². The number of rotatable bonds is 2. The van der Waals surface area contributed by atoms with E-state index in [1.807, 2.05) is 13.8 Å². The molecule has 0 fully saturated rings. The van der Waals surface area contributed by atoms with E-state index in [-0.39, 0.29) is 11.1 Å². The molecule has 0 atom stereocenters. The molecule has 2 amide bonds. The van der Waals surface area contributed by atoms with Gasteiger partial charge in [0.25, 0.3) is 11.8 Å². The largest absolute Gasteiger partial charge is 0.373 e. The van der Waals surface area contributed by atoms with Crippen LogP contribution in [0.1, 0.15) is 40.1 Å². The third-order valence-electron chi connectivity index (χ3n) is 3.87. The van der Waals surface area contributed by atoms with E-state index in [1.165, 1.54) is 23.5 Å². The van der Waals surface area contributed by atoms with Gasteiger partial charge in [-0.1, -0.05) is 17.2 Å². The second kappa shape index (κ2) is 5.25. The van der Waals surface area contributed by atoms with Crippen molar-refractivity contribution < 1.29 is 19.2 Å². The van der Waals surface area contributed by atoms with Crippen LogP contribution in [-0.4, -0.2) is 22.8 Å². The number of hydrogen-bond donors (Lipinski definition) is 0. The molecule has 0 N–H and O–H groups in total. The van der Waals surface area contributed by atoms with E-state index in [1.54, 1.807) is 29.5 Å². The molecule has 0 aliphatic carbocycles. The number of hydrogen-bond acceptors (Lipinski definition) is 6. The van der Waals surface area contributed by atoms with Gasteiger partial charge in [-0.2, -0.15) is 0 Å². The van der Waals surface area contributed by atoms with Crippen molar-refractivity contribution in [1.82, 2.24) is 5.06 Å². The highest BCUT2D eigenvalue weighted by atomic mass is 32.1. The van der Waals surface area contributed by atoms with Crippen LogP contribution in [0.5, 0.6) is 0 Å². The van der Waals surface area contributed by atoms with Gasteiger partial charge < -0.3 is 4.84 Å². The number of carbonyl (C=O) groups is 3. The lowest BCUT2D eigenvalue weighted by molar-refractivity contribution is -0.0581. The highest BCUT2D eigenvalue weighted by Gasteiger charge is 2.39. The van der Waals surface area contributed by atoms with Crippen LogP contribution in [0.25, 0.3) is 10.1 Å². The zero-order valence-corrected chi connectivity index (χ0v) is 14.4. The molecule has 0 saturated heterocycles. The summed E-state index contributed by atoms with van der Waals surface area (Å²) in [6.45, 7) is 3.99. The Balaban J connectivity index is 1.63. The summed E-state index contributed by atoms with van der Waals surface area (Å²) in [6, 6.07) is 8.15. The highest BCUT2D eigenvalue weighted by molar-refractivity contribution is 7.25. The zero-order valence-electron chi connectivity index (χ0n) is 12.8. The maximum Gasteiger partial charge on any atom is 0.373 e. The Hall–Kier alpha value is -2.51. The van der Waals surface area contributed by atoms with E-state index in [4.69, 9.17) is 4.84 Å². The molecule has 0 spiro atoms. The van der Waals surface area contributed by atoms with E-state index in [2.05, 4.69) is 0 Å². The van der Waals surface area contributed by atoms with Gasteiger partial charge in [-0.25, -0.2) is 4.79 Å². The lowest BCUT2D eigenvalue weighted by atomic mass is 10.1. The summed E-state index contributed by atoms with van der Waals surface area (Å²) in [7, 11) is 0. The zero-order chi connectivity index (χ0) is 17.0. The number of fused-ring (bicyclic) bond motifs is 2. The average molecular weight is 357 g/mol. The summed E-state index contributed by atoms with van der Waals surface area (Å²) in [5, 5.41) is 1.55. The second-order valence-electron chi connectivity index (χ2n) is 5.40. The van der Waals surface area contributed by atoms with Crippen molar-refractivity contribution >= 4 is 50.5 Å². The van der Waals surface area contributed by atoms with Crippen LogP contribution in [0, 0.1) is 13.8 Å². The smallest absolute Gasteiger partial charge is 0.323 e. The number of amides is 2. The first-order valence-corrected chi connectivity index (χ1v) is 8.80. The fourth-order valence-corrected chi connectivity index (χ4v) is 4.95. The van der Waals surface area contributed by atoms with Crippen LogP contribution in [0.3, 0.4) is 0 Å². The molecule has 2 aromatic heterocycles. The number of imide groups is 1. The standard InChI is InChI=1S/C17H11NO4S2/c1-8-12-7-13(24-14(12)9(2)23-8)17(21)22-18-15(19)10-5-3-4-6-11(10)16(18)20/h3-7H,1-2H3. The van der Waals surface area contributed by atoms with E-state index in [0.29, 0.717) is 9.94 Å². The molecule has 1 aliphatic heterocycles. The molecule has 4 rings (SSSR count). The van der Waals surface area contributed by atoms with Crippen LogP contribution < -0.4 is 0 Å². The normalized spacial score (nSPS) is 13.7. The van der Waals surface area contributed by atoms with Crippen molar-refractivity contribution in [2.75, 3.05) is 0 Å². The maximum atomic E-state index is 12.4. The Morgan fingerprint density at radius 2 is 1.62 bits per heavy atom. The fourth-order valence-electron chi connectivity index (χ4n) is 2.72. The van der Waals surface area contributed by atoms with Gasteiger partial charge in [-0.05, 0) is 32.0 Å². The van der Waals surface area contributed by atoms with Gasteiger partial charge in [0.05, 0.1) is 11.1 Å². The monoisotopic (exact) mass is 357 g/mol. The minimum atomic E-state index is -0.700. The van der Waals surface area contributed by atoms with Crippen molar-refractivity contribution in [3.8, 4) is 0 Å². The maximum absolute atomic E-state index is 12.4.